The zero-order valence-electron chi connectivity index (χ0n) is 9.25. The lowest BCUT2D eigenvalue weighted by Crippen LogP contribution is -2.08. The van der Waals surface area contributed by atoms with E-state index in [1.54, 1.807) is 6.07 Å². The third kappa shape index (κ3) is 3.33. The van der Waals surface area contributed by atoms with Gasteiger partial charge in [-0.1, -0.05) is 30.3 Å². The fourth-order valence-corrected chi connectivity index (χ4v) is 1.28. The second-order valence-electron chi connectivity index (χ2n) is 3.44. The van der Waals surface area contributed by atoms with E-state index in [1.807, 2.05) is 32.0 Å². The van der Waals surface area contributed by atoms with Crippen molar-refractivity contribution in [1.29, 1.82) is 0 Å². The van der Waals surface area contributed by atoms with Crippen LogP contribution in [-0.2, 0) is 4.74 Å². The average molecular weight is 204 g/mol. The number of aryl methyl sites for hydroxylation is 1. The van der Waals surface area contributed by atoms with Gasteiger partial charge >= 0.3 is 0 Å². The van der Waals surface area contributed by atoms with Crippen molar-refractivity contribution in [3.8, 4) is 0 Å². The predicted molar refractivity (Wildman–Crippen MR) is 61.1 cm³/mol. The van der Waals surface area contributed by atoms with Gasteiger partial charge in [0.1, 0.15) is 0 Å². The SMILES string of the molecule is C=C(COCC)C(=O)c1cccc(C)c1. The van der Waals surface area contributed by atoms with Crippen molar-refractivity contribution >= 4 is 5.78 Å². The van der Waals surface area contributed by atoms with Crippen LogP contribution in [0.15, 0.2) is 36.4 Å². The smallest absolute Gasteiger partial charge is 0.190 e. The van der Waals surface area contributed by atoms with E-state index in [1.165, 1.54) is 0 Å². The van der Waals surface area contributed by atoms with Gasteiger partial charge in [0.15, 0.2) is 5.78 Å². The third-order valence-corrected chi connectivity index (χ3v) is 2.08. The first-order chi connectivity index (χ1) is 7.15. The molecule has 0 bridgehead atoms. The maximum Gasteiger partial charge on any atom is 0.190 e. The molecule has 0 aliphatic carbocycles. The van der Waals surface area contributed by atoms with Crippen LogP contribution in [0.25, 0.3) is 0 Å². The molecule has 0 amide bonds. The number of benzene rings is 1. The molecule has 0 saturated carbocycles. The van der Waals surface area contributed by atoms with Crippen LogP contribution in [0.4, 0.5) is 0 Å². The van der Waals surface area contributed by atoms with E-state index < -0.39 is 0 Å². The Labute approximate surface area is 90.6 Å². The molecule has 1 aromatic carbocycles. The van der Waals surface area contributed by atoms with Crippen LogP contribution < -0.4 is 0 Å². The van der Waals surface area contributed by atoms with Crippen LogP contribution in [0.5, 0.6) is 0 Å². The van der Waals surface area contributed by atoms with Crippen LogP contribution >= 0.6 is 0 Å². The predicted octanol–water partition coefficient (Wildman–Crippen LogP) is 2.77. The molecule has 2 heteroatoms. The molecule has 2 nitrogen and oxygen atoms in total. The number of carbonyl (C=O) groups is 1. The number of ether oxygens (including phenoxy) is 1. The van der Waals surface area contributed by atoms with Crippen molar-refractivity contribution in [2.24, 2.45) is 0 Å². The fraction of sp³-hybridized carbons (Fsp3) is 0.308. The van der Waals surface area contributed by atoms with Gasteiger partial charge in [0.05, 0.1) is 6.61 Å². The van der Waals surface area contributed by atoms with Gasteiger partial charge in [0.2, 0.25) is 0 Å². The molecule has 0 saturated heterocycles. The first-order valence-electron chi connectivity index (χ1n) is 5.02. The Morgan fingerprint density at radius 1 is 1.47 bits per heavy atom. The molecule has 0 spiro atoms. The van der Waals surface area contributed by atoms with E-state index in [9.17, 15) is 4.79 Å². The molecule has 0 atom stereocenters. The van der Waals surface area contributed by atoms with E-state index in [0.717, 1.165) is 5.56 Å². The number of carbonyl (C=O) groups excluding carboxylic acids is 1. The molecule has 0 aromatic heterocycles. The molecule has 15 heavy (non-hydrogen) atoms. The topological polar surface area (TPSA) is 26.3 Å². The zero-order chi connectivity index (χ0) is 11.3. The van der Waals surface area contributed by atoms with E-state index in [4.69, 9.17) is 4.74 Å². The molecule has 0 fully saturated rings. The van der Waals surface area contributed by atoms with Crippen LogP contribution in [0, 0.1) is 6.92 Å². The van der Waals surface area contributed by atoms with Gasteiger partial charge in [-0.15, -0.1) is 0 Å². The standard InChI is InChI=1S/C13H16O2/c1-4-15-9-11(3)13(14)12-7-5-6-10(2)8-12/h5-8H,3-4,9H2,1-2H3. The molecule has 0 unspecified atom stereocenters. The fourth-order valence-electron chi connectivity index (χ4n) is 1.28. The summed E-state index contributed by atoms with van der Waals surface area (Å²) in [5.41, 5.74) is 2.26. The quantitative estimate of drug-likeness (QED) is 0.544. The summed E-state index contributed by atoms with van der Waals surface area (Å²) < 4.78 is 5.15. The van der Waals surface area contributed by atoms with Gasteiger partial charge in [-0.3, -0.25) is 4.79 Å². The van der Waals surface area contributed by atoms with Crippen molar-refractivity contribution in [1.82, 2.24) is 0 Å². The first-order valence-corrected chi connectivity index (χ1v) is 5.02. The minimum absolute atomic E-state index is 0.0350. The Morgan fingerprint density at radius 2 is 2.20 bits per heavy atom. The summed E-state index contributed by atoms with van der Waals surface area (Å²) in [4.78, 5) is 11.8. The van der Waals surface area contributed by atoms with Crippen molar-refractivity contribution < 1.29 is 9.53 Å². The third-order valence-electron chi connectivity index (χ3n) is 2.08. The number of ketones is 1. The summed E-state index contributed by atoms with van der Waals surface area (Å²) in [6.45, 7) is 8.48. The average Bonchev–Trinajstić information content (AvgIpc) is 2.24. The normalized spacial score (nSPS) is 10.0. The molecule has 0 aliphatic rings. The Bertz CT molecular complexity index is 367. The van der Waals surface area contributed by atoms with Gasteiger partial charge in [0, 0.05) is 17.7 Å². The summed E-state index contributed by atoms with van der Waals surface area (Å²) in [5.74, 6) is -0.0350. The Kier molecular flexibility index (Phi) is 4.25. The highest BCUT2D eigenvalue weighted by molar-refractivity contribution is 6.08. The van der Waals surface area contributed by atoms with Crippen LogP contribution in [0.1, 0.15) is 22.8 Å². The lowest BCUT2D eigenvalue weighted by atomic mass is 10.0. The summed E-state index contributed by atoms with van der Waals surface area (Å²) in [6, 6.07) is 7.49. The maximum atomic E-state index is 11.8. The summed E-state index contributed by atoms with van der Waals surface area (Å²) in [6.07, 6.45) is 0. The minimum atomic E-state index is -0.0350. The molecular formula is C13H16O2. The van der Waals surface area contributed by atoms with E-state index >= 15 is 0 Å². The number of Topliss-reactive ketones (excluding diaryl/α,β-unsaturated/α-hetero) is 1. The molecular weight excluding hydrogens is 188 g/mol. The van der Waals surface area contributed by atoms with Crippen LogP contribution in [0.3, 0.4) is 0 Å². The highest BCUT2D eigenvalue weighted by atomic mass is 16.5. The van der Waals surface area contributed by atoms with Gasteiger partial charge in [-0.05, 0) is 19.9 Å². The van der Waals surface area contributed by atoms with E-state index in [0.29, 0.717) is 24.4 Å². The maximum absolute atomic E-state index is 11.8. The molecule has 0 N–H and O–H groups in total. The van der Waals surface area contributed by atoms with Crippen molar-refractivity contribution in [2.75, 3.05) is 13.2 Å². The molecule has 80 valence electrons. The second kappa shape index (κ2) is 5.47. The van der Waals surface area contributed by atoms with E-state index in [2.05, 4.69) is 6.58 Å². The monoisotopic (exact) mass is 204 g/mol. The molecule has 0 radical (unpaired) electrons. The van der Waals surface area contributed by atoms with Gasteiger partial charge < -0.3 is 4.74 Å². The van der Waals surface area contributed by atoms with Gasteiger partial charge in [-0.2, -0.15) is 0 Å². The summed E-state index contributed by atoms with van der Waals surface area (Å²) in [5, 5.41) is 0. The molecule has 0 aliphatic heterocycles. The van der Waals surface area contributed by atoms with Gasteiger partial charge in [-0.25, -0.2) is 0 Å². The Hall–Kier alpha value is -1.41. The van der Waals surface area contributed by atoms with Crippen molar-refractivity contribution in [3.05, 3.63) is 47.5 Å². The molecule has 1 rings (SSSR count). The van der Waals surface area contributed by atoms with E-state index in [-0.39, 0.29) is 5.78 Å². The highest BCUT2D eigenvalue weighted by Gasteiger charge is 2.09. The largest absolute Gasteiger partial charge is 0.377 e. The van der Waals surface area contributed by atoms with Crippen LogP contribution in [0.2, 0.25) is 0 Å². The van der Waals surface area contributed by atoms with Crippen molar-refractivity contribution in [2.45, 2.75) is 13.8 Å². The summed E-state index contributed by atoms with van der Waals surface area (Å²) in [7, 11) is 0. The summed E-state index contributed by atoms with van der Waals surface area (Å²) >= 11 is 0. The number of hydrogen-bond donors (Lipinski definition) is 0. The highest BCUT2D eigenvalue weighted by Crippen LogP contribution is 2.09. The second-order valence-corrected chi connectivity index (χ2v) is 3.44. The van der Waals surface area contributed by atoms with Gasteiger partial charge in [0.25, 0.3) is 0 Å². The first kappa shape index (κ1) is 11.7. The Balaban J connectivity index is 2.72. The lowest BCUT2D eigenvalue weighted by Gasteiger charge is -2.05. The Morgan fingerprint density at radius 3 is 2.80 bits per heavy atom. The number of rotatable bonds is 5. The van der Waals surface area contributed by atoms with Crippen LogP contribution in [-0.4, -0.2) is 19.0 Å². The lowest BCUT2D eigenvalue weighted by molar-refractivity contribution is 0.0991. The molecule has 0 heterocycles. The zero-order valence-corrected chi connectivity index (χ0v) is 9.25. The number of hydrogen-bond acceptors (Lipinski definition) is 2. The van der Waals surface area contributed by atoms with Crippen molar-refractivity contribution in [3.63, 3.8) is 0 Å². The molecule has 1 aromatic rings. The minimum Gasteiger partial charge on any atom is -0.377 e.